The number of aromatic nitrogens is 2. The van der Waals surface area contributed by atoms with Crippen molar-refractivity contribution in [3.63, 3.8) is 0 Å². The lowest BCUT2D eigenvalue weighted by atomic mass is 10.0. The highest BCUT2D eigenvalue weighted by atomic mass is 32.1. The number of amides is 1. The van der Waals surface area contributed by atoms with Gasteiger partial charge in [-0.25, -0.2) is 4.98 Å². The SMILES string of the molecule is CCN(CC)C(=O)CN1CCC(n2c(C3CC3)nc3sc(C)c(C)c3c2=O)CC1. The van der Waals surface area contributed by atoms with Crippen LogP contribution >= 0.6 is 11.3 Å². The van der Waals surface area contributed by atoms with E-state index in [1.807, 2.05) is 30.2 Å². The van der Waals surface area contributed by atoms with Gasteiger partial charge in [-0.3, -0.25) is 19.1 Å². The lowest BCUT2D eigenvalue weighted by Gasteiger charge is -2.34. The number of rotatable bonds is 6. The number of thiophene rings is 1. The average Bonchev–Trinajstić information content (AvgIpc) is 3.50. The molecule has 3 heterocycles. The number of likely N-dealkylation sites (N-methyl/N-ethyl adjacent to an activating group) is 1. The van der Waals surface area contributed by atoms with E-state index in [1.165, 1.54) is 4.88 Å². The summed E-state index contributed by atoms with van der Waals surface area (Å²) >= 11 is 1.65. The van der Waals surface area contributed by atoms with E-state index in [0.29, 0.717) is 12.5 Å². The maximum atomic E-state index is 13.5. The molecule has 2 aromatic heterocycles. The summed E-state index contributed by atoms with van der Waals surface area (Å²) in [5.41, 5.74) is 1.23. The highest BCUT2D eigenvalue weighted by Crippen LogP contribution is 2.41. The molecule has 2 fully saturated rings. The van der Waals surface area contributed by atoms with Gasteiger partial charge in [-0.05, 0) is 58.9 Å². The minimum atomic E-state index is 0.149. The van der Waals surface area contributed by atoms with Crippen LogP contribution in [0, 0.1) is 13.8 Å². The van der Waals surface area contributed by atoms with Crippen LogP contribution in [0.25, 0.3) is 10.2 Å². The van der Waals surface area contributed by atoms with E-state index in [9.17, 15) is 9.59 Å². The summed E-state index contributed by atoms with van der Waals surface area (Å²) in [6.07, 6.45) is 4.08. The second kappa shape index (κ2) is 8.19. The van der Waals surface area contributed by atoms with Crippen molar-refractivity contribution in [2.75, 3.05) is 32.7 Å². The summed E-state index contributed by atoms with van der Waals surface area (Å²) in [6, 6.07) is 0.189. The number of piperidine rings is 1. The zero-order chi connectivity index (χ0) is 20.7. The molecule has 0 aromatic carbocycles. The van der Waals surface area contributed by atoms with Crippen molar-refractivity contribution in [1.82, 2.24) is 19.4 Å². The Labute approximate surface area is 176 Å². The number of carbonyl (C=O) groups is 1. The number of hydrogen-bond donors (Lipinski definition) is 0. The average molecular weight is 417 g/mol. The van der Waals surface area contributed by atoms with Crippen molar-refractivity contribution in [3.05, 3.63) is 26.6 Å². The quantitative estimate of drug-likeness (QED) is 0.724. The van der Waals surface area contributed by atoms with Crippen LogP contribution in [-0.4, -0.2) is 58.0 Å². The summed E-state index contributed by atoms with van der Waals surface area (Å²) < 4.78 is 2.03. The van der Waals surface area contributed by atoms with Crippen LogP contribution in [0.15, 0.2) is 4.79 Å². The molecule has 0 atom stereocenters. The largest absolute Gasteiger partial charge is 0.342 e. The van der Waals surface area contributed by atoms with Crippen molar-refractivity contribution in [2.24, 2.45) is 0 Å². The number of carbonyl (C=O) groups excluding carboxylic acids is 1. The second-order valence-electron chi connectivity index (χ2n) is 8.46. The van der Waals surface area contributed by atoms with E-state index in [0.717, 1.165) is 73.5 Å². The molecule has 1 saturated heterocycles. The topological polar surface area (TPSA) is 58.4 Å². The Bertz CT molecular complexity index is 963. The van der Waals surface area contributed by atoms with Gasteiger partial charge in [0.25, 0.3) is 5.56 Å². The second-order valence-corrected chi connectivity index (χ2v) is 9.66. The molecule has 1 aliphatic carbocycles. The molecule has 1 saturated carbocycles. The zero-order valence-electron chi connectivity index (χ0n) is 18.0. The Morgan fingerprint density at radius 3 is 2.38 bits per heavy atom. The molecule has 1 aliphatic heterocycles. The Morgan fingerprint density at radius 2 is 1.79 bits per heavy atom. The fourth-order valence-electron chi connectivity index (χ4n) is 4.51. The fraction of sp³-hybridized carbons (Fsp3) is 0.682. The summed E-state index contributed by atoms with van der Waals surface area (Å²) in [5.74, 6) is 1.65. The molecular weight excluding hydrogens is 384 g/mol. The Hall–Kier alpha value is -1.73. The Balaban J connectivity index is 1.56. The molecule has 4 rings (SSSR count). The zero-order valence-corrected chi connectivity index (χ0v) is 18.8. The predicted octanol–water partition coefficient (Wildman–Crippen LogP) is 3.46. The lowest BCUT2D eigenvalue weighted by molar-refractivity contribution is -0.132. The van der Waals surface area contributed by atoms with Crippen molar-refractivity contribution in [1.29, 1.82) is 0 Å². The first kappa shape index (κ1) is 20.5. The van der Waals surface area contributed by atoms with Crippen LogP contribution in [0.3, 0.4) is 0 Å². The maximum absolute atomic E-state index is 13.5. The fourth-order valence-corrected chi connectivity index (χ4v) is 5.53. The van der Waals surface area contributed by atoms with E-state index in [2.05, 4.69) is 11.8 Å². The van der Waals surface area contributed by atoms with Crippen LogP contribution in [-0.2, 0) is 4.79 Å². The first-order chi connectivity index (χ1) is 13.9. The van der Waals surface area contributed by atoms with Crippen LogP contribution < -0.4 is 5.56 Å². The molecule has 1 amide bonds. The smallest absolute Gasteiger partial charge is 0.262 e. The van der Waals surface area contributed by atoms with Crippen LogP contribution in [0.4, 0.5) is 0 Å². The first-order valence-corrected chi connectivity index (χ1v) is 11.8. The van der Waals surface area contributed by atoms with Gasteiger partial charge in [0.15, 0.2) is 0 Å². The van der Waals surface area contributed by atoms with Gasteiger partial charge < -0.3 is 4.90 Å². The third-order valence-corrected chi connectivity index (χ3v) is 7.70. The Morgan fingerprint density at radius 1 is 1.14 bits per heavy atom. The number of fused-ring (bicyclic) bond motifs is 1. The Kier molecular flexibility index (Phi) is 5.80. The first-order valence-electron chi connectivity index (χ1n) is 11.0. The highest BCUT2D eigenvalue weighted by molar-refractivity contribution is 7.18. The number of aryl methyl sites for hydroxylation is 2. The molecule has 0 radical (unpaired) electrons. The molecule has 2 aromatic rings. The third-order valence-electron chi connectivity index (χ3n) is 6.60. The minimum Gasteiger partial charge on any atom is -0.342 e. The molecular formula is C22H32N4O2S. The highest BCUT2D eigenvalue weighted by Gasteiger charge is 2.34. The maximum Gasteiger partial charge on any atom is 0.262 e. The van der Waals surface area contributed by atoms with Crippen molar-refractivity contribution in [2.45, 2.75) is 65.3 Å². The van der Waals surface area contributed by atoms with E-state index in [4.69, 9.17) is 4.98 Å². The van der Waals surface area contributed by atoms with Gasteiger partial charge >= 0.3 is 0 Å². The lowest BCUT2D eigenvalue weighted by Crippen LogP contribution is -2.44. The van der Waals surface area contributed by atoms with Crippen LogP contribution in [0.2, 0.25) is 0 Å². The van der Waals surface area contributed by atoms with E-state index in [1.54, 1.807) is 11.3 Å². The molecule has 6 nitrogen and oxygen atoms in total. The van der Waals surface area contributed by atoms with E-state index in [-0.39, 0.29) is 17.5 Å². The molecule has 29 heavy (non-hydrogen) atoms. The summed E-state index contributed by atoms with van der Waals surface area (Å²) in [4.78, 5) is 37.1. The van der Waals surface area contributed by atoms with Gasteiger partial charge in [-0.15, -0.1) is 11.3 Å². The van der Waals surface area contributed by atoms with Crippen molar-refractivity contribution < 1.29 is 4.79 Å². The standard InChI is InChI=1S/C22H32N4O2S/c1-5-25(6-2)18(27)13-24-11-9-17(10-12-24)26-20(16-7-8-16)23-21-19(22(26)28)14(3)15(4)29-21/h16-17H,5-13H2,1-4H3. The molecule has 0 spiro atoms. The predicted molar refractivity (Wildman–Crippen MR) is 118 cm³/mol. The number of hydrogen-bond acceptors (Lipinski definition) is 5. The van der Waals surface area contributed by atoms with Crippen molar-refractivity contribution >= 4 is 27.5 Å². The molecule has 2 aliphatic rings. The molecule has 0 unspecified atom stereocenters. The normalized spacial score (nSPS) is 18.5. The van der Waals surface area contributed by atoms with Crippen molar-refractivity contribution in [3.8, 4) is 0 Å². The summed E-state index contributed by atoms with van der Waals surface area (Å²) in [7, 11) is 0. The minimum absolute atomic E-state index is 0.149. The number of nitrogens with zero attached hydrogens (tertiary/aromatic N) is 4. The van der Waals surface area contributed by atoms with E-state index >= 15 is 0 Å². The van der Waals surface area contributed by atoms with Gasteiger partial charge in [0.05, 0.1) is 11.9 Å². The molecule has 0 bridgehead atoms. The monoisotopic (exact) mass is 416 g/mol. The molecule has 0 N–H and O–H groups in total. The van der Waals surface area contributed by atoms with Gasteiger partial charge in [0, 0.05) is 43.0 Å². The third kappa shape index (κ3) is 3.87. The van der Waals surface area contributed by atoms with Gasteiger partial charge in [0.1, 0.15) is 10.7 Å². The number of likely N-dealkylation sites (tertiary alicyclic amines) is 1. The van der Waals surface area contributed by atoms with Crippen LogP contribution in [0.5, 0.6) is 0 Å². The van der Waals surface area contributed by atoms with Crippen LogP contribution in [0.1, 0.15) is 67.8 Å². The van der Waals surface area contributed by atoms with Gasteiger partial charge in [-0.2, -0.15) is 0 Å². The van der Waals surface area contributed by atoms with E-state index < -0.39 is 0 Å². The summed E-state index contributed by atoms with van der Waals surface area (Å²) in [6.45, 7) is 11.9. The molecule has 7 heteroatoms. The summed E-state index contributed by atoms with van der Waals surface area (Å²) in [5, 5.41) is 0.816. The van der Waals surface area contributed by atoms with Gasteiger partial charge in [-0.1, -0.05) is 0 Å². The molecule has 158 valence electrons. The van der Waals surface area contributed by atoms with Gasteiger partial charge in [0.2, 0.25) is 5.91 Å².